The van der Waals surface area contributed by atoms with Crippen molar-refractivity contribution in [1.82, 2.24) is 15.5 Å². The molecule has 0 fully saturated rings. The standard InChI is InChI=1S/C19H30N4/c1-4-23(5-2)15-17-10-8-9-16(13-17)14-21-19(20-3)22-18-11-6-7-12-18/h6-10,13,18H,4-5,11-12,14-15H2,1-3H3,(H2,20,21,22). The van der Waals surface area contributed by atoms with Crippen LogP contribution in [0.25, 0.3) is 0 Å². The van der Waals surface area contributed by atoms with Crippen molar-refractivity contribution in [1.29, 1.82) is 0 Å². The van der Waals surface area contributed by atoms with Gasteiger partial charge in [0.05, 0.1) is 0 Å². The van der Waals surface area contributed by atoms with E-state index in [0.717, 1.165) is 45.0 Å². The Labute approximate surface area is 140 Å². The molecule has 0 heterocycles. The lowest BCUT2D eigenvalue weighted by molar-refractivity contribution is 0.296. The minimum absolute atomic E-state index is 0.482. The maximum atomic E-state index is 4.32. The molecule has 1 aliphatic carbocycles. The fraction of sp³-hybridized carbons (Fsp3) is 0.526. The van der Waals surface area contributed by atoms with Gasteiger partial charge in [-0.2, -0.15) is 0 Å². The molecule has 0 atom stereocenters. The van der Waals surface area contributed by atoms with Gasteiger partial charge in [-0.05, 0) is 37.1 Å². The van der Waals surface area contributed by atoms with Crippen LogP contribution in [0.5, 0.6) is 0 Å². The Morgan fingerprint density at radius 3 is 2.52 bits per heavy atom. The molecule has 0 aromatic heterocycles. The van der Waals surface area contributed by atoms with Crippen molar-refractivity contribution in [2.45, 2.75) is 45.8 Å². The number of hydrogen-bond donors (Lipinski definition) is 2. The lowest BCUT2D eigenvalue weighted by Crippen LogP contribution is -2.42. The Bertz CT molecular complexity index is 524. The smallest absolute Gasteiger partial charge is 0.191 e. The van der Waals surface area contributed by atoms with Crippen LogP contribution in [0.4, 0.5) is 0 Å². The Hall–Kier alpha value is -1.81. The molecule has 1 aromatic carbocycles. The van der Waals surface area contributed by atoms with Crippen LogP contribution in [0.3, 0.4) is 0 Å². The molecule has 0 unspecified atom stereocenters. The van der Waals surface area contributed by atoms with E-state index in [2.05, 4.69) is 70.8 Å². The first-order valence-electron chi connectivity index (χ1n) is 8.67. The number of aliphatic imine (C=N–C) groups is 1. The van der Waals surface area contributed by atoms with Crippen LogP contribution < -0.4 is 10.6 Å². The van der Waals surface area contributed by atoms with Crippen molar-refractivity contribution in [3.05, 3.63) is 47.5 Å². The van der Waals surface area contributed by atoms with Crippen molar-refractivity contribution in [2.75, 3.05) is 20.1 Å². The number of benzene rings is 1. The van der Waals surface area contributed by atoms with Crippen molar-refractivity contribution < 1.29 is 0 Å². The van der Waals surface area contributed by atoms with Crippen LogP contribution in [0, 0.1) is 0 Å². The molecule has 126 valence electrons. The highest BCUT2D eigenvalue weighted by molar-refractivity contribution is 5.80. The summed E-state index contributed by atoms with van der Waals surface area (Å²) in [7, 11) is 1.83. The summed E-state index contributed by atoms with van der Waals surface area (Å²) in [5.74, 6) is 0.882. The summed E-state index contributed by atoms with van der Waals surface area (Å²) in [4.78, 5) is 6.75. The SMILES string of the molecule is CCN(CC)Cc1cccc(CNC(=NC)NC2CC=CC2)c1. The van der Waals surface area contributed by atoms with Crippen molar-refractivity contribution in [3.8, 4) is 0 Å². The van der Waals surface area contributed by atoms with E-state index in [1.807, 2.05) is 7.05 Å². The third kappa shape index (κ3) is 5.71. The molecule has 1 aliphatic rings. The van der Waals surface area contributed by atoms with Crippen molar-refractivity contribution in [2.24, 2.45) is 4.99 Å². The van der Waals surface area contributed by atoms with E-state index >= 15 is 0 Å². The lowest BCUT2D eigenvalue weighted by Gasteiger charge is -2.19. The summed E-state index contributed by atoms with van der Waals surface area (Å²) in [5.41, 5.74) is 2.66. The van der Waals surface area contributed by atoms with Gasteiger partial charge in [-0.3, -0.25) is 9.89 Å². The quantitative estimate of drug-likeness (QED) is 0.462. The largest absolute Gasteiger partial charge is 0.353 e. The molecule has 4 nitrogen and oxygen atoms in total. The molecular formula is C19H30N4. The third-order valence-electron chi connectivity index (χ3n) is 4.32. The van der Waals surface area contributed by atoms with E-state index < -0.39 is 0 Å². The summed E-state index contributed by atoms with van der Waals surface area (Å²) < 4.78 is 0. The Morgan fingerprint density at radius 1 is 1.17 bits per heavy atom. The summed E-state index contributed by atoms with van der Waals surface area (Å²) in [6.45, 7) is 8.41. The zero-order chi connectivity index (χ0) is 16.5. The molecule has 0 spiro atoms. The van der Waals surface area contributed by atoms with Crippen LogP contribution in [-0.4, -0.2) is 37.0 Å². The van der Waals surface area contributed by atoms with E-state index in [9.17, 15) is 0 Å². The maximum Gasteiger partial charge on any atom is 0.191 e. The summed E-state index contributed by atoms with van der Waals surface area (Å²) >= 11 is 0. The first kappa shape index (κ1) is 17.5. The first-order valence-corrected chi connectivity index (χ1v) is 8.67. The van der Waals surface area contributed by atoms with E-state index in [4.69, 9.17) is 0 Å². The summed E-state index contributed by atoms with van der Waals surface area (Å²) in [6, 6.07) is 9.29. The minimum atomic E-state index is 0.482. The van der Waals surface area contributed by atoms with Gasteiger partial charge in [-0.15, -0.1) is 0 Å². The molecule has 0 aliphatic heterocycles. The zero-order valence-corrected chi connectivity index (χ0v) is 14.7. The average Bonchev–Trinajstić information content (AvgIpc) is 3.09. The van der Waals surface area contributed by atoms with Crippen LogP contribution >= 0.6 is 0 Å². The molecule has 0 bridgehead atoms. The molecule has 0 saturated carbocycles. The highest BCUT2D eigenvalue weighted by atomic mass is 15.2. The predicted molar refractivity (Wildman–Crippen MR) is 98.6 cm³/mol. The van der Waals surface area contributed by atoms with Gasteiger partial charge in [0.1, 0.15) is 0 Å². The fourth-order valence-corrected chi connectivity index (χ4v) is 2.85. The number of nitrogens with zero attached hydrogens (tertiary/aromatic N) is 2. The van der Waals surface area contributed by atoms with Gasteiger partial charge in [-0.25, -0.2) is 0 Å². The Balaban J connectivity index is 1.86. The second kappa shape index (κ2) is 9.36. The highest BCUT2D eigenvalue weighted by Gasteiger charge is 2.11. The van der Waals surface area contributed by atoms with E-state index in [1.54, 1.807) is 0 Å². The van der Waals surface area contributed by atoms with E-state index in [1.165, 1.54) is 11.1 Å². The van der Waals surface area contributed by atoms with Gasteiger partial charge in [-0.1, -0.05) is 50.3 Å². The lowest BCUT2D eigenvalue weighted by atomic mass is 10.1. The van der Waals surface area contributed by atoms with Gasteiger partial charge in [0.25, 0.3) is 0 Å². The van der Waals surface area contributed by atoms with Gasteiger partial charge in [0, 0.05) is 26.2 Å². The average molecular weight is 314 g/mol. The monoisotopic (exact) mass is 314 g/mol. The summed E-state index contributed by atoms with van der Waals surface area (Å²) in [6.07, 6.45) is 6.61. The van der Waals surface area contributed by atoms with Gasteiger partial charge in [0.15, 0.2) is 5.96 Å². The molecule has 0 saturated heterocycles. The molecular weight excluding hydrogens is 284 g/mol. The molecule has 0 amide bonds. The van der Waals surface area contributed by atoms with Gasteiger partial charge < -0.3 is 10.6 Å². The van der Waals surface area contributed by atoms with Gasteiger partial charge in [0.2, 0.25) is 0 Å². The van der Waals surface area contributed by atoms with Crippen molar-refractivity contribution in [3.63, 3.8) is 0 Å². The Morgan fingerprint density at radius 2 is 1.87 bits per heavy atom. The second-order valence-electron chi connectivity index (χ2n) is 5.99. The third-order valence-corrected chi connectivity index (χ3v) is 4.32. The van der Waals surface area contributed by atoms with E-state index in [-0.39, 0.29) is 0 Å². The molecule has 23 heavy (non-hydrogen) atoms. The molecule has 4 heteroatoms. The normalized spacial score (nSPS) is 15.4. The number of guanidine groups is 1. The number of nitrogens with one attached hydrogen (secondary N) is 2. The molecule has 0 radical (unpaired) electrons. The fourth-order valence-electron chi connectivity index (χ4n) is 2.85. The molecule has 2 rings (SSSR count). The Kier molecular flexibility index (Phi) is 7.14. The molecule has 2 N–H and O–H groups in total. The first-order chi connectivity index (χ1) is 11.2. The van der Waals surface area contributed by atoms with Crippen LogP contribution in [0.1, 0.15) is 37.8 Å². The second-order valence-corrected chi connectivity index (χ2v) is 5.99. The summed E-state index contributed by atoms with van der Waals surface area (Å²) in [5, 5.41) is 6.89. The van der Waals surface area contributed by atoms with Crippen LogP contribution in [-0.2, 0) is 13.1 Å². The maximum absolute atomic E-state index is 4.32. The van der Waals surface area contributed by atoms with Crippen molar-refractivity contribution >= 4 is 5.96 Å². The zero-order valence-electron chi connectivity index (χ0n) is 14.7. The molecule has 1 aromatic rings. The topological polar surface area (TPSA) is 39.7 Å². The van der Waals surface area contributed by atoms with E-state index in [0.29, 0.717) is 6.04 Å². The highest BCUT2D eigenvalue weighted by Crippen LogP contribution is 2.10. The number of hydrogen-bond acceptors (Lipinski definition) is 2. The van der Waals surface area contributed by atoms with Crippen LogP contribution in [0.15, 0.2) is 41.4 Å². The van der Waals surface area contributed by atoms with Crippen LogP contribution in [0.2, 0.25) is 0 Å². The minimum Gasteiger partial charge on any atom is -0.353 e. The predicted octanol–water partition coefficient (Wildman–Crippen LogP) is 2.91. The number of rotatable bonds is 7. The van der Waals surface area contributed by atoms with Gasteiger partial charge >= 0.3 is 0 Å².